The van der Waals surface area contributed by atoms with Crippen LogP contribution in [0.3, 0.4) is 0 Å². The highest BCUT2D eigenvalue weighted by molar-refractivity contribution is 5.29. The Morgan fingerprint density at radius 1 is 1.27 bits per heavy atom. The van der Waals surface area contributed by atoms with Crippen LogP contribution in [0.2, 0.25) is 0 Å². The number of nitroso groups, excluding NO2 is 1. The number of hydrogen-bond donors (Lipinski definition) is 0. The molecule has 0 N–H and O–H groups in total. The van der Waals surface area contributed by atoms with Gasteiger partial charge in [0.15, 0.2) is 0 Å². The van der Waals surface area contributed by atoms with Crippen LogP contribution in [0.5, 0.6) is 5.75 Å². The summed E-state index contributed by atoms with van der Waals surface area (Å²) >= 11 is 0. The van der Waals surface area contributed by atoms with Gasteiger partial charge in [-0.2, -0.15) is 13.2 Å². The number of ether oxygens (including phenoxy) is 1. The van der Waals surface area contributed by atoms with Crippen molar-refractivity contribution in [1.82, 2.24) is 0 Å². The Hall–Kier alpha value is -1.59. The quantitative estimate of drug-likeness (QED) is 0.733. The molecule has 0 amide bonds. The maximum absolute atomic E-state index is 12.3. The Bertz CT molecular complexity index is 334. The van der Waals surface area contributed by atoms with E-state index in [4.69, 9.17) is 4.74 Å². The number of alkyl halides is 3. The lowest BCUT2D eigenvalue weighted by Crippen LogP contribution is -2.18. The molecule has 1 atom stereocenters. The van der Waals surface area contributed by atoms with Crippen LogP contribution in [0.25, 0.3) is 0 Å². The topological polar surface area (TPSA) is 38.7 Å². The molecule has 0 radical (unpaired) electrons. The van der Waals surface area contributed by atoms with E-state index in [0.717, 1.165) is 0 Å². The van der Waals surface area contributed by atoms with Crippen molar-refractivity contribution in [2.75, 3.05) is 7.11 Å². The Labute approximate surface area is 83.8 Å². The standard InChI is InChI=1S/C9H8F3NO2/c1-15-7-4-2-6(3-5-7)8(13-14)9(10,11)12/h2-5,8H,1H3. The van der Waals surface area contributed by atoms with Crippen molar-refractivity contribution in [2.45, 2.75) is 12.2 Å². The lowest BCUT2D eigenvalue weighted by molar-refractivity contribution is -0.148. The number of halogens is 3. The molecule has 1 unspecified atom stereocenters. The van der Waals surface area contributed by atoms with E-state index in [9.17, 15) is 18.1 Å². The highest BCUT2D eigenvalue weighted by Crippen LogP contribution is 2.36. The predicted molar refractivity (Wildman–Crippen MR) is 47.6 cm³/mol. The van der Waals surface area contributed by atoms with E-state index in [0.29, 0.717) is 5.75 Å². The summed E-state index contributed by atoms with van der Waals surface area (Å²) in [4.78, 5) is 10.1. The summed E-state index contributed by atoms with van der Waals surface area (Å²) in [6, 6.07) is 2.71. The van der Waals surface area contributed by atoms with Gasteiger partial charge in [0.25, 0.3) is 0 Å². The van der Waals surface area contributed by atoms with Gasteiger partial charge in [-0.3, -0.25) is 0 Å². The van der Waals surface area contributed by atoms with Crippen LogP contribution in [-0.4, -0.2) is 13.3 Å². The second kappa shape index (κ2) is 4.29. The van der Waals surface area contributed by atoms with Crippen molar-refractivity contribution in [3.63, 3.8) is 0 Å². The van der Waals surface area contributed by atoms with Crippen LogP contribution < -0.4 is 4.74 Å². The fourth-order valence-electron chi connectivity index (χ4n) is 1.10. The average Bonchev–Trinajstić information content (AvgIpc) is 2.18. The minimum Gasteiger partial charge on any atom is -0.497 e. The van der Waals surface area contributed by atoms with Crippen LogP contribution in [0.4, 0.5) is 13.2 Å². The van der Waals surface area contributed by atoms with Crippen LogP contribution in [0.15, 0.2) is 29.4 Å². The number of rotatable bonds is 3. The normalized spacial score (nSPS) is 13.3. The zero-order valence-corrected chi connectivity index (χ0v) is 7.78. The maximum atomic E-state index is 12.3. The molecule has 1 aromatic rings. The number of hydrogen-bond acceptors (Lipinski definition) is 3. The van der Waals surface area contributed by atoms with E-state index >= 15 is 0 Å². The van der Waals surface area contributed by atoms with E-state index in [1.807, 2.05) is 0 Å². The zero-order valence-electron chi connectivity index (χ0n) is 7.78. The van der Waals surface area contributed by atoms with Gasteiger partial charge < -0.3 is 4.74 Å². The van der Waals surface area contributed by atoms with Crippen molar-refractivity contribution in [3.8, 4) is 5.75 Å². The van der Waals surface area contributed by atoms with Gasteiger partial charge in [-0.25, -0.2) is 0 Å². The molecular weight excluding hydrogens is 211 g/mol. The van der Waals surface area contributed by atoms with Gasteiger partial charge in [-0.1, -0.05) is 17.3 Å². The second-order valence-corrected chi connectivity index (χ2v) is 2.82. The third-order valence-electron chi connectivity index (χ3n) is 1.85. The average molecular weight is 219 g/mol. The molecule has 0 aliphatic rings. The van der Waals surface area contributed by atoms with Gasteiger partial charge in [0.05, 0.1) is 7.11 Å². The molecule has 82 valence electrons. The molecule has 0 fully saturated rings. The van der Waals surface area contributed by atoms with E-state index in [1.54, 1.807) is 0 Å². The molecule has 0 spiro atoms. The Morgan fingerprint density at radius 3 is 2.13 bits per heavy atom. The summed E-state index contributed by atoms with van der Waals surface area (Å²) < 4.78 is 41.6. The maximum Gasteiger partial charge on any atom is 0.418 e. The van der Waals surface area contributed by atoms with E-state index in [2.05, 4.69) is 5.18 Å². The lowest BCUT2D eigenvalue weighted by Gasteiger charge is -2.13. The minimum absolute atomic E-state index is 0.196. The fourth-order valence-corrected chi connectivity index (χ4v) is 1.10. The summed E-state index contributed by atoms with van der Waals surface area (Å²) in [6.45, 7) is 0. The number of nitrogens with zero attached hydrogens (tertiary/aromatic N) is 1. The first-order chi connectivity index (χ1) is 6.99. The summed E-state index contributed by atoms with van der Waals surface area (Å²) in [6.07, 6.45) is -4.66. The van der Waals surface area contributed by atoms with Gasteiger partial charge >= 0.3 is 6.18 Å². The Morgan fingerprint density at radius 2 is 1.80 bits per heavy atom. The highest BCUT2D eigenvalue weighted by Gasteiger charge is 2.42. The molecule has 6 heteroatoms. The lowest BCUT2D eigenvalue weighted by atomic mass is 10.1. The molecule has 0 saturated heterocycles. The molecule has 0 aliphatic carbocycles. The molecule has 0 saturated carbocycles. The van der Waals surface area contributed by atoms with Gasteiger partial charge in [0.2, 0.25) is 6.04 Å². The third kappa shape index (κ3) is 2.68. The van der Waals surface area contributed by atoms with Gasteiger partial charge in [0.1, 0.15) is 5.75 Å². The van der Waals surface area contributed by atoms with E-state index in [-0.39, 0.29) is 5.56 Å². The molecule has 0 heterocycles. The van der Waals surface area contributed by atoms with E-state index < -0.39 is 12.2 Å². The third-order valence-corrected chi connectivity index (χ3v) is 1.85. The van der Waals surface area contributed by atoms with E-state index in [1.165, 1.54) is 31.4 Å². The van der Waals surface area contributed by atoms with Gasteiger partial charge in [-0.15, -0.1) is 4.91 Å². The van der Waals surface area contributed by atoms with Crippen LogP contribution in [0, 0.1) is 4.91 Å². The first-order valence-corrected chi connectivity index (χ1v) is 4.02. The molecule has 1 rings (SSSR count). The molecule has 15 heavy (non-hydrogen) atoms. The Balaban J connectivity index is 2.98. The smallest absolute Gasteiger partial charge is 0.418 e. The largest absolute Gasteiger partial charge is 0.497 e. The summed E-state index contributed by atoms with van der Waals surface area (Å²) in [5.41, 5.74) is -0.196. The second-order valence-electron chi connectivity index (χ2n) is 2.82. The molecule has 0 aliphatic heterocycles. The van der Waals surface area contributed by atoms with Gasteiger partial charge in [-0.05, 0) is 17.7 Å². The number of methoxy groups -OCH3 is 1. The van der Waals surface area contributed by atoms with Crippen LogP contribution in [0.1, 0.15) is 11.6 Å². The van der Waals surface area contributed by atoms with Crippen molar-refractivity contribution < 1.29 is 17.9 Å². The zero-order chi connectivity index (χ0) is 11.5. The molecule has 0 aromatic heterocycles. The van der Waals surface area contributed by atoms with Crippen LogP contribution >= 0.6 is 0 Å². The van der Waals surface area contributed by atoms with Crippen molar-refractivity contribution >= 4 is 0 Å². The minimum atomic E-state index is -4.66. The molecule has 3 nitrogen and oxygen atoms in total. The predicted octanol–water partition coefficient (Wildman–Crippen LogP) is 3.07. The Kier molecular flexibility index (Phi) is 3.28. The highest BCUT2D eigenvalue weighted by atomic mass is 19.4. The van der Waals surface area contributed by atoms with Gasteiger partial charge in [0, 0.05) is 0 Å². The summed E-state index contributed by atoms with van der Waals surface area (Å²) in [5.74, 6) is 0.422. The SMILES string of the molecule is COc1ccc(C(N=O)C(F)(F)F)cc1. The first-order valence-electron chi connectivity index (χ1n) is 4.02. The fraction of sp³-hybridized carbons (Fsp3) is 0.333. The first kappa shape index (κ1) is 11.5. The monoisotopic (exact) mass is 219 g/mol. The van der Waals surface area contributed by atoms with Crippen molar-refractivity contribution in [3.05, 3.63) is 34.7 Å². The van der Waals surface area contributed by atoms with Crippen molar-refractivity contribution in [1.29, 1.82) is 0 Å². The molecule has 1 aromatic carbocycles. The molecular formula is C9H8F3NO2. The number of benzene rings is 1. The van der Waals surface area contributed by atoms with Crippen LogP contribution in [-0.2, 0) is 0 Å². The van der Waals surface area contributed by atoms with Crippen molar-refractivity contribution in [2.24, 2.45) is 5.18 Å². The molecule has 0 bridgehead atoms. The summed E-state index contributed by atoms with van der Waals surface area (Å²) in [7, 11) is 1.40. The summed E-state index contributed by atoms with van der Waals surface area (Å²) in [5, 5.41) is 2.07.